The summed E-state index contributed by atoms with van der Waals surface area (Å²) in [7, 11) is 0. The van der Waals surface area contributed by atoms with Crippen molar-refractivity contribution in [3.05, 3.63) is 48.0 Å². The average molecular weight is 311 g/mol. The topological polar surface area (TPSA) is 23.5 Å². The highest BCUT2D eigenvalue weighted by Crippen LogP contribution is 2.36. The molecule has 1 aliphatic rings. The van der Waals surface area contributed by atoms with Crippen molar-refractivity contribution >= 4 is 10.8 Å². The first-order valence-corrected chi connectivity index (χ1v) is 9.10. The zero-order chi connectivity index (χ0) is 16.1. The van der Waals surface area contributed by atoms with Crippen LogP contribution in [0.4, 0.5) is 0 Å². The first kappa shape index (κ1) is 16.5. The van der Waals surface area contributed by atoms with Crippen LogP contribution in [0.5, 0.6) is 0 Å². The molecule has 0 aliphatic carbocycles. The molecule has 0 saturated carbocycles. The molecule has 1 saturated heterocycles. The van der Waals surface area contributed by atoms with Gasteiger partial charge in [0.05, 0.1) is 6.61 Å². The van der Waals surface area contributed by atoms with Gasteiger partial charge in [-0.25, -0.2) is 0 Å². The van der Waals surface area contributed by atoms with Crippen molar-refractivity contribution in [2.24, 2.45) is 0 Å². The van der Waals surface area contributed by atoms with E-state index in [1.807, 2.05) is 0 Å². The van der Waals surface area contributed by atoms with E-state index in [0.717, 1.165) is 19.4 Å². The van der Waals surface area contributed by atoms with Crippen LogP contribution in [0.15, 0.2) is 42.5 Å². The molecule has 0 radical (unpaired) electrons. The number of likely N-dealkylation sites (tertiary alicyclic amines) is 1. The van der Waals surface area contributed by atoms with Gasteiger partial charge in [0.15, 0.2) is 0 Å². The molecule has 1 aliphatic heterocycles. The van der Waals surface area contributed by atoms with Crippen LogP contribution in [0.25, 0.3) is 10.8 Å². The second-order valence-electron chi connectivity index (χ2n) is 6.97. The van der Waals surface area contributed by atoms with Crippen LogP contribution in [-0.2, 0) is 5.41 Å². The quantitative estimate of drug-likeness (QED) is 0.857. The van der Waals surface area contributed by atoms with Crippen molar-refractivity contribution in [3.63, 3.8) is 0 Å². The minimum atomic E-state index is -0.127. The highest BCUT2D eigenvalue weighted by Gasteiger charge is 2.31. The van der Waals surface area contributed by atoms with Gasteiger partial charge in [-0.2, -0.15) is 0 Å². The molecule has 3 rings (SSSR count). The molecule has 1 N–H and O–H groups in total. The van der Waals surface area contributed by atoms with Crippen LogP contribution in [0.1, 0.15) is 44.6 Å². The lowest BCUT2D eigenvalue weighted by Crippen LogP contribution is -2.38. The first-order chi connectivity index (χ1) is 11.3. The molecular formula is C21H29NO. The molecule has 1 atom stereocenters. The van der Waals surface area contributed by atoms with Crippen LogP contribution >= 0.6 is 0 Å². The van der Waals surface area contributed by atoms with Gasteiger partial charge >= 0.3 is 0 Å². The second-order valence-corrected chi connectivity index (χ2v) is 6.97. The van der Waals surface area contributed by atoms with E-state index >= 15 is 0 Å². The Labute approximate surface area is 140 Å². The number of aliphatic hydroxyl groups is 1. The normalized spacial score (nSPS) is 18.9. The molecular weight excluding hydrogens is 282 g/mol. The van der Waals surface area contributed by atoms with E-state index in [9.17, 15) is 5.11 Å². The number of hydrogen-bond donors (Lipinski definition) is 1. The van der Waals surface area contributed by atoms with E-state index in [1.54, 1.807) is 0 Å². The van der Waals surface area contributed by atoms with Crippen molar-refractivity contribution in [1.29, 1.82) is 0 Å². The van der Waals surface area contributed by atoms with Crippen molar-refractivity contribution in [2.45, 2.75) is 44.4 Å². The molecule has 124 valence electrons. The predicted octanol–water partition coefficient (Wildman–Crippen LogP) is 4.36. The SMILES string of the molecule is CCC(CO)(CCN1CCCCC1)c1cccc2ccccc12. The maximum Gasteiger partial charge on any atom is 0.0528 e. The van der Waals surface area contributed by atoms with Gasteiger partial charge in [0, 0.05) is 5.41 Å². The standard InChI is InChI=1S/C21H29NO/c1-2-21(17-23,13-16-22-14-6-3-7-15-22)20-12-8-10-18-9-4-5-11-19(18)20/h4-5,8-12,23H,2-3,6-7,13-17H2,1H3. The Balaban J connectivity index is 1.89. The van der Waals surface area contributed by atoms with Gasteiger partial charge in [-0.1, -0.05) is 55.8 Å². The lowest BCUT2D eigenvalue weighted by molar-refractivity contribution is 0.147. The smallest absolute Gasteiger partial charge is 0.0528 e. The summed E-state index contributed by atoms with van der Waals surface area (Å²) in [5.74, 6) is 0. The highest BCUT2D eigenvalue weighted by atomic mass is 16.3. The van der Waals surface area contributed by atoms with Gasteiger partial charge in [0.2, 0.25) is 0 Å². The molecule has 2 nitrogen and oxygen atoms in total. The lowest BCUT2D eigenvalue weighted by Gasteiger charge is -2.36. The summed E-state index contributed by atoms with van der Waals surface area (Å²) in [6, 6.07) is 15.1. The Morgan fingerprint density at radius 2 is 1.74 bits per heavy atom. The van der Waals surface area contributed by atoms with E-state index in [1.165, 1.54) is 48.7 Å². The van der Waals surface area contributed by atoms with Gasteiger partial charge in [-0.15, -0.1) is 0 Å². The molecule has 0 aromatic heterocycles. The van der Waals surface area contributed by atoms with Crippen molar-refractivity contribution in [3.8, 4) is 0 Å². The van der Waals surface area contributed by atoms with Crippen LogP contribution < -0.4 is 0 Å². The van der Waals surface area contributed by atoms with Gasteiger partial charge in [0.1, 0.15) is 0 Å². The molecule has 1 unspecified atom stereocenters. The fraction of sp³-hybridized carbons (Fsp3) is 0.524. The Morgan fingerprint density at radius 3 is 2.48 bits per heavy atom. The molecule has 23 heavy (non-hydrogen) atoms. The van der Waals surface area contributed by atoms with Gasteiger partial charge in [-0.05, 0) is 61.7 Å². The summed E-state index contributed by atoms with van der Waals surface area (Å²) in [6.07, 6.45) is 6.04. The predicted molar refractivity (Wildman–Crippen MR) is 97.9 cm³/mol. The third kappa shape index (κ3) is 3.44. The fourth-order valence-electron chi connectivity index (χ4n) is 4.02. The van der Waals surface area contributed by atoms with Gasteiger partial charge < -0.3 is 10.0 Å². The summed E-state index contributed by atoms with van der Waals surface area (Å²) in [4.78, 5) is 2.58. The molecule has 0 amide bonds. The van der Waals surface area contributed by atoms with E-state index in [2.05, 4.69) is 54.3 Å². The number of piperidine rings is 1. The number of hydrogen-bond acceptors (Lipinski definition) is 2. The second kappa shape index (κ2) is 7.46. The molecule has 2 aromatic carbocycles. The van der Waals surface area contributed by atoms with E-state index in [4.69, 9.17) is 0 Å². The van der Waals surface area contributed by atoms with Crippen LogP contribution in [0.2, 0.25) is 0 Å². The Kier molecular flexibility index (Phi) is 5.34. The van der Waals surface area contributed by atoms with E-state index in [0.29, 0.717) is 0 Å². The number of fused-ring (bicyclic) bond motifs is 1. The maximum absolute atomic E-state index is 10.3. The monoisotopic (exact) mass is 311 g/mol. The lowest BCUT2D eigenvalue weighted by atomic mass is 9.74. The molecule has 1 fully saturated rings. The largest absolute Gasteiger partial charge is 0.395 e. The Morgan fingerprint density at radius 1 is 1.00 bits per heavy atom. The van der Waals surface area contributed by atoms with Crippen molar-refractivity contribution in [1.82, 2.24) is 4.90 Å². The molecule has 0 spiro atoms. The minimum Gasteiger partial charge on any atom is -0.395 e. The maximum atomic E-state index is 10.3. The van der Waals surface area contributed by atoms with Crippen LogP contribution in [0, 0.1) is 0 Å². The summed E-state index contributed by atoms with van der Waals surface area (Å²) in [5, 5.41) is 12.9. The highest BCUT2D eigenvalue weighted by molar-refractivity contribution is 5.86. The van der Waals surface area contributed by atoms with E-state index in [-0.39, 0.29) is 12.0 Å². The fourth-order valence-corrected chi connectivity index (χ4v) is 4.02. The Bertz CT molecular complexity index is 621. The zero-order valence-electron chi connectivity index (χ0n) is 14.3. The zero-order valence-corrected chi connectivity index (χ0v) is 14.3. The van der Waals surface area contributed by atoms with Gasteiger partial charge in [0.25, 0.3) is 0 Å². The number of aliphatic hydroxyl groups excluding tert-OH is 1. The molecule has 0 bridgehead atoms. The molecule has 1 heterocycles. The van der Waals surface area contributed by atoms with Crippen molar-refractivity contribution < 1.29 is 5.11 Å². The number of rotatable bonds is 6. The van der Waals surface area contributed by atoms with E-state index < -0.39 is 0 Å². The number of benzene rings is 2. The minimum absolute atomic E-state index is 0.127. The average Bonchev–Trinajstić information content (AvgIpc) is 2.64. The summed E-state index contributed by atoms with van der Waals surface area (Å²) in [5.41, 5.74) is 1.19. The number of nitrogens with zero attached hydrogens (tertiary/aromatic N) is 1. The third-order valence-electron chi connectivity index (χ3n) is 5.70. The van der Waals surface area contributed by atoms with Crippen molar-refractivity contribution in [2.75, 3.05) is 26.2 Å². The molecule has 2 heteroatoms. The first-order valence-electron chi connectivity index (χ1n) is 9.10. The summed E-state index contributed by atoms with van der Waals surface area (Å²) < 4.78 is 0. The third-order valence-corrected chi connectivity index (χ3v) is 5.70. The van der Waals surface area contributed by atoms with Crippen LogP contribution in [0.3, 0.4) is 0 Å². The van der Waals surface area contributed by atoms with Gasteiger partial charge in [-0.3, -0.25) is 0 Å². The Hall–Kier alpha value is -1.38. The van der Waals surface area contributed by atoms with Crippen LogP contribution in [-0.4, -0.2) is 36.2 Å². The molecule has 2 aromatic rings. The summed E-state index contributed by atoms with van der Waals surface area (Å²) >= 11 is 0. The summed E-state index contributed by atoms with van der Waals surface area (Å²) in [6.45, 7) is 5.98.